The standard InChI is InChI=1S/C22H25N5O2S/c1-14(2)15(3)24-20(28)13-30-22-26-25-21(27(22)12-16-7-6-10-29-16)18-11-23-19-9-5-4-8-17(18)19/h4-11,14-15,23H,12-13H2,1-3H3,(H,24,28)/t15-/m1/s1. The van der Waals surface area contributed by atoms with Gasteiger partial charge in [0, 0.05) is 28.7 Å². The van der Waals surface area contributed by atoms with Gasteiger partial charge in [-0.2, -0.15) is 0 Å². The minimum atomic E-state index is -0.0117. The lowest BCUT2D eigenvalue weighted by molar-refractivity contribution is -0.119. The van der Waals surface area contributed by atoms with Gasteiger partial charge in [-0.15, -0.1) is 10.2 Å². The van der Waals surface area contributed by atoms with Gasteiger partial charge in [0.1, 0.15) is 5.76 Å². The summed E-state index contributed by atoms with van der Waals surface area (Å²) in [6, 6.07) is 12.0. The molecule has 1 atom stereocenters. The molecule has 1 amide bonds. The maximum Gasteiger partial charge on any atom is 0.230 e. The monoisotopic (exact) mass is 423 g/mol. The number of nitrogens with one attached hydrogen (secondary N) is 2. The predicted molar refractivity (Wildman–Crippen MR) is 118 cm³/mol. The highest BCUT2D eigenvalue weighted by molar-refractivity contribution is 7.99. The van der Waals surface area contributed by atoms with Crippen LogP contribution in [-0.4, -0.2) is 37.5 Å². The molecular weight excluding hydrogens is 398 g/mol. The number of thioether (sulfide) groups is 1. The maximum absolute atomic E-state index is 12.4. The van der Waals surface area contributed by atoms with E-state index in [2.05, 4.69) is 40.4 Å². The van der Waals surface area contributed by atoms with E-state index < -0.39 is 0 Å². The minimum absolute atomic E-state index is 0.0117. The maximum atomic E-state index is 12.4. The van der Waals surface area contributed by atoms with Crippen molar-refractivity contribution in [3.05, 3.63) is 54.6 Å². The molecule has 1 aromatic carbocycles. The fraction of sp³-hybridized carbons (Fsp3) is 0.318. The average molecular weight is 424 g/mol. The van der Waals surface area contributed by atoms with Gasteiger partial charge in [-0.05, 0) is 31.0 Å². The van der Waals surface area contributed by atoms with Crippen molar-refractivity contribution in [3.8, 4) is 11.4 Å². The second kappa shape index (κ2) is 8.79. The molecule has 30 heavy (non-hydrogen) atoms. The summed E-state index contributed by atoms with van der Waals surface area (Å²) in [6.45, 7) is 6.68. The van der Waals surface area contributed by atoms with E-state index in [9.17, 15) is 4.79 Å². The van der Waals surface area contributed by atoms with E-state index in [4.69, 9.17) is 4.42 Å². The van der Waals surface area contributed by atoms with Crippen LogP contribution in [0.2, 0.25) is 0 Å². The number of carbonyl (C=O) groups excluding carboxylic acids is 1. The molecule has 0 aliphatic rings. The number of rotatable bonds is 8. The molecule has 0 aliphatic carbocycles. The Morgan fingerprint density at radius 1 is 1.20 bits per heavy atom. The third-order valence-corrected chi connectivity index (χ3v) is 6.13. The predicted octanol–water partition coefficient (Wildman–Crippen LogP) is 4.32. The summed E-state index contributed by atoms with van der Waals surface area (Å²) in [7, 11) is 0. The Kier molecular flexibility index (Phi) is 5.94. The molecule has 8 heteroatoms. The first-order chi connectivity index (χ1) is 14.5. The highest BCUT2D eigenvalue weighted by Crippen LogP contribution is 2.30. The first-order valence-corrected chi connectivity index (χ1v) is 11.0. The molecular formula is C22H25N5O2S. The zero-order valence-electron chi connectivity index (χ0n) is 17.3. The lowest BCUT2D eigenvalue weighted by Gasteiger charge is -2.17. The van der Waals surface area contributed by atoms with E-state index in [0.717, 1.165) is 28.1 Å². The second-order valence-electron chi connectivity index (χ2n) is 7.61. The number of hydrogen-bond acceptors (Lipinski definition) is 5. The number of fused-ring (bicyclic) bond motifs is 1. The van der Waals surface area contributed by atoms with E-state index in [-0.39, 0.29) is 17.7 Å². The van der Waals surface area contributed by atoms with Crippen LogP contribution in [0, 0.1) is 5.92 Å². The Hall–Kier alpha value is -3.00. The summed E-state index contributed by atoms with van der Waals surface area (Å²) in [6.07, 6.45) is 3.59. The number of carbonyl (C=O) groups is 1. The van der Waals surface area contributed by atoms with Gasteiger partial charge in [-0.25, -0.2) is 0 Å². The number of benzene rings is 1. The summed E-state index contributed by atoms with van der Waals surface area (Å²) in [5.74, 6) is 2.19. The first-order valence-electron chi connectivity index (χ1n) is 9.97. The molecule has 7 nitrogen and oxygen atoms in total. The molecule has 2 N–H and O–H groups in total. The number of para-hydroxylation sites is 1. The molecule has 4 aromatic rings. The van der Waals surface area contributed by atoms with Gasteiger partial charge in [-0.3, -0.25) is 9.36 Å². The number of aromatic amines is 1. The van der Waals surface area contributed by atoms with Crippen LogP contribution in [0.4, 0.5) is 0 Å². The van der Waals surface area contributed by atoms with Crippen LogP contribution in [0.5, 0.6) is 0 Å². The Bertz CT molecular complexity index is 1130. The Morgan fingerprint density at radius 2 is 2.03 bits per heavy atom. The van der Waals surface area contributed by atoms with Crippen molar-refractivity contribution in [1.82, 2.24) is 25.1 Å². The van der Waals surface area contributed by atoms with Crippen LogP contribution in [-0.2, 0) is 11.3 Å². The number of nitrogens with zero attached hydrogens (tertiary/aromatic N) is 3. The molecule has 0 spiro atoms. The van der Waals surface area contributed by atoms with Gasteiger partial charge in [0.2, 0.25) is 5.91 Å². The molecule has 0 saturated heterocycles. The summed E-state index contributed by atoms with van der Waals surface area (Å²) in [5, 5.41) is 13.6. The van der Waals surface area contributed by atoms with E-state index >= 15 is 0 Å². The Balaban J connectivity index is 1.62. The lowest BCUT2D eigenvalue weighted by Crippen LogP contribution is -2.37. The highest BCUT2D eigenvalue weighted by atomic mass is 32.2. The SMILES string of the molecule is CC(C)[C@@H](C)NC(=O)CSc1nnc(-c2c[nH]c3ccccc23)n1Cc1ccco1. The summed E-state index contributed by atoms with van der Waals surface area (Å²) in [5.41, 5.74) is 2.01. The molecule has 0 unspecified atom stereocenters. The molecule has 0 radical (unpaired) electrons. The smallest absolute Gasteiger partial charge is 0.230 e. The molecule has 0 aliphatic heterocycles. The van der Waals surface area contributed by atoms with Crippen molar-refractivity contribution >= 4 is 28.6 Å². The van der Waals surface area contributed by atoms with Crippen molar-refractivity contribution in [2.24, 2.45) is 5.92 Å². The van der Waals surface area contributed by atoms with E-state index in [1.54, 1.807) is 6.26 Å². The van der Waals surface area contributed by atoms with E-state index in [1.807, 2.05) is 48.0 Å². The number of H-pyrrole nitrogens is 1. The van der Waals surface area contributed by atoms with E-state index in [0.29, 0.717) is 17.6 Å². The number of furan rings is 1. The van der Waals surface area contributed by atoms with Gasteiger partial charge in [0.15, 0.2) is 11.0 Å². The Labute approximate surface area is 179 Å². The van der Waals surface area contributed by atoms with Crippen molar-refractivity contribution in [2.45, 2.75) is 38.5 Å². The third kappa shape index (κ3) is 4.28. The highest BCUT2D eigenvalue weighted by Gasteiger charge is 2.20. The van der Waals surface area contributed by atoms with Gasteiger partial charge in [0.25, 0.3) is 0 Å². The van der Waals surface area contributed by atoms with Gasteiger partial charge in [0.05, 0.1) is 18.6 Å². The molecule has 3 aromatic heterocycles. The van der Waals surface area contributed by atoms with Crippen LogP contribution < -0.4 is 5.32 Å². The summed E-state index contributed by atoms with van der Waals surface area (Å²) >= 11 is 1.38. The van der Waals surface area contributed by atoms with Crippen LogP contribution in [0.3, 0.4) is 0 Å². The zero-order chi connectivity index (χ0) is 21.1. The van der Waals surface area contributed by atoms with Gasteiger partial charge < -0.3 is 14.7 Å². The molecule has 0 bridgehead atoms. The zero-order valence-corrected chi connectivity index (χ0v) is 18.1. The number of amides is 1. The lowest BCUT2D eigenvalue weighted by atomic mass is 10.1. The molecule has 0 saturated carbocycles. The fourth-order valence-corrected chi connectivity index (χ4v) is 3.89. The fourth-order valence-electron chi connectivity index (χ4n) is 3.14. The summed E-state index contributed by atoms with van der Waals surface area (Å²) in [4.78, 5) is 15.6. The van der Waals surface area contributed by atoms with Crippen molar-refractivity contribution in [2.75, 3.05) is 5.75 Å². The second-order valence-corrected chi connectivity index (χ2v) is 8.55. The molecule has 4 rings (SSSR count). The van der Waals surface area contributed by atoms with Crippen molar-refractivity contribution < 1.29 is 9.21 Å². The Morgan fingerprint density at radius 3 is 2.80 bits per heavy atom. The largest absolute Gasteiger partial charge is 0.467 e. The molecule has 156 valence electrons. The van der Waals surface area contributed by atoms with Crippen LogP contribution >= 0.6 is 11.8 Å². The first kappa shape index (κ1) is 20.3. The number of hydrogen-bond donors (Lipinski definition) is 2. The van der Waals surface area contributed by atoms with E-state index in [1.165, 1.54) is 11.8 Å². The van der Waals surface area contributed by atoms with Gasteiger partial charge >= 0.3 is 0 Å². The normalized spacial score (nSPS) is 12.5. The molecule has 3 heterocycles. The number of aromatic nitrogens is 4. The van der Waals surface area contributed by atoms with Crippen LogP contribution in [0.15, 0.2) is 58.4 Å². The minimum Gasteiger partial charge on any atom is -0.467 e. The molecule has 0 fully saturated rings. The average Bonchev–Trinajstić information content (AvgIpc) is 3.46. The topological polar surface area (TPSA) is 88.7 Å². The van der Waals surface area contributed by atoms with Gasteiger partial charge in [-0.1, -0.05) is 43.8 Å². The van der Waals surface area contributed by atoms with Crippen LogP contribution in [0.1, 0.15) is 26.5 Å². The van der Waals surface area contributed by atoms with Crippen LogP contribution in [0.25, 0.3) is 22.3 Å². The summed E-state index contributed by atoms with van der Waals surface area (Å²) < 4.78 is 7.55. The van der Waals surface area contributed by atoms with Crippen molar-refractivity contribution in [1.29, 1.82) is 0 Å². The third-order valence-electron chi connectivity index (χ3n) is 5.16. The van der Waals surface area contributed by atoms with Crippen molar-refractivity contribution in [3.63, 3.8) is 0 Å². The quantitative estimate of drug-likeness (QED) is 0.412.